The van der Waals surface area contributed by atoms with Crippen molar-refractivity contribution >= 4 is 11.3 Å². The quantitative estimate of drug-likeness (QED) is 0.757. The van der Waals surface area contributed by atoms with Crippen molar-refractivity contribution in [3.8, 4) is 0 Å². The van der Waals surface area contributed by atoms with Gasteiger partial charge in [-0.25, -0.2) is 4.98 Å². The van der Waals surface area contributed by atoms with Crippen LogP contribution in [0.1, 0.15) is 60.0 Å². The zero-order chi connectivity index (χ0) is 10.8. The summed E-state index contributed by atoms with van der Waals surface area (Å²) in [5, 5.41) is 4.88. The molecule has 1 aliphatic heterocycles. The summed E-state index contributed by atoms with van der Waals surface area (Å²) in [4.78, 5) is 6.40. The van der Waals surface area contributed by atoms with Crippen LogP contribution in [-0.4, -0.2) is 11.5 Å². The molecule has 3 heteroatoms. The Kier molecular flexibility index (Phi) is 3.25. The Morgan fingerprint density at radius 1 is 1.12 bits per heavy atom. The first-order chi connectivity index (χ1) is 7.93. The van der Waals surface area contributed by atoms with Crippen LogP contribution in [0.3, 0.4) is 0 Å². The fraction of sp³-hybridized carbons (Fsp3) is 0.769. The Morgan fingerprint density at radius 3 is 2.69 bits per heavy atom. The lowest BCUT2D eigenvalue weighted by atomic mass is 10.0. The Hall–Kier alpha value is -0.410. The molecule has 0 bridgehead atoms. The second-order valence-corrected chi connectivity index (χ2v) is 6.15. The fourth-order valence-corrected chi connectivity index (χ4v) is 4.10. The van der Waals surface area contributed by atoms with E-state index in [0.29, 0.717) is 0 Å². The lowest BCUT2D eigenvalue weighted by Crippen LogP contribution is -2.22. The Labute approximate surface area is 101 Å². The number of thiazole rings is 1. The molecule has 0 aromatic carbocycles. The SMILES string of the molecule is C1CCCC(c2nc3c(s2)CNCC3)CC1. The smallest absolute Gasteiger partial charge is 0.0962 e. The fourth-order valence-electron chi connectivity index (χ4n) is 2.85. The molecule has 2 heterocycles. The molecule has 0 atom stereocenters. The van der Waals surface area contributed by atoms with Gasteiger partial charge < -0.3 is 5.32 Å². The van der Waals surface area contributed by atoms with Crippen molar-refractivity contribution in [2.75, 3.05) is 6.54 Å². The van der Waals surface area contributed by atoms with Gasteiger partial charge in [-0.1, -0.05) is 25.7 Å². The third kappa shape index (κ3) is 2.16. The largest absolute Gasteiger partial charge is 0.311 e. The van der Waals surface area contributed by atoms with Gasteiger partial charge in [-0.3, -0.25) is 0 Å². The van der Waals surface area contributed by atoms with E-state index in [4.69, 9.17) is 4.98 Å². The van der Waals surface area contributed by atoms with Crippen LogP contribution in [0.25, 0.3) is 0 Å². The second kappa shape index (κ2) is 4.84. The van der Waals surface area contributed by atoms with Crippen LogP contribution in [0.5, 0.6) is 0 Å². The van der Waals surface area contributed by atoms with E-state index in [-0.39, 0.29) is 0 Å². The van der Waals surface area contributed by atoms with E-state index < -0.39 is 0 Å². The van der Waals surface area contributed by atoms with Crippen LogP contribution in [0, 0.1) is 0 Å². The molecule has 0 unspecified atom stereocenters. The lowest BCUT2D eigenvalue weighted by molar-refractivity contribution is 0.584. The number of nitrogens with one attached hydrogen (secondary N) is 1. The van der Waals surface area contributed by atoms with Crippen molar-refractivity contribution in [2.45, 2.75) is 57.4 Å². The average Bonchev–Trinajstić information content (AvgIpc) is 2.56. The van der Waals surface area contributed by atoms with Gasteiger partial charge in [0.25, 0.3) is 0 Å². The van der Waals surface area contributed by atoms with Gasteiger partial charge in [0, 0.05) is 30.3 Å². The molecule has 1 aliphatic carbocycles. The Bertz CT molecular complexity index is 327. The number of rotatable bonds is 1. The summed E-state index contributed by atoms with van der Waals surface area (Å²) in [5.41, 5.74) is 1.39. The van der Waals surface area contributed by atoms with Crippen LogP contribution in [0.4, 0.5) is 0 Å². The van der Waals surface area contributed by atoms with E-state index in [9.17, 15) is 0 Å². The van der Waals surface area contributed by atoms with E-state index in [1.807, 2.05) is 11.3 Å². The van der Waals surface area contributed by atoms with Crippen LogP contribution in [0.2, 0.25) is 0 Å². The van der Waals surface area contributed by atoms with Gasteiger partial charge in [0.15, 0.2) is 0 Å². The number of fused-ring (bicyclic) bond motifs is 1. The average molecular weight is 236 g/mol. The maximum absolute atomic E-state index is 4.89. The summed E-state index contributed by atoms with van der Waals surface area (Å²) in [6.07, 6.45) is 9.57. The van der Waals surface area contributed by atoms with Gasteiger partial charge in [-0.15, -0.1) is 11.3 Å². The van der Waals surface area contributed by atoms with Crippen molar-refractivity contribution < 1.29 is 0 Å². The minimum atomic E-state index is 0.776. The second-order valence-electron chi connectivity index (χ2n) is 5.04. The summed E-state index contributed by atoms with van der Waals surface area (Å²) in [6.45, 7) is 2.17. The summed E-state index contributed by atoms with van der Waals surface area (Å²) >= 11 is 1.98. The normalized spacial score (nSPS) is 22.8. The van der Waals surface area contributed by atoms with Gasteiger partial charge in [0.2, 0.25) is 0 Å². The summed E-state index contributed by atoms with van der Waals surface area (Å²) in [7, 11) is 0. The molecule has 1 aromatic heterocycles. The van der Waals surface area contributed by atoms with Crippen LogP contribution in [-0.2, 0) is 13.0 Å². The molecule has 2 nitrogen and oxygen atoms in total. The molecule has 0 amide bonds. The van der Waals surface area contributed by atoms with Crippen molar-refractivity contribution in [1.82, 2.24) is 10.3 Å². The number of hydrogen-bond donors (Lipinski definition) is 1. The Morgan fingerprint density at radius 2 is 1.94 bits per heavy atom. The zero-order valence-electron chi connectivity index (χ0n) is 9.80. The van der Waals surface area contributed by atoms with Gasteiger partial charge in [-0.2, -0.15) is 0 Å². The summed E-state index contributed by atoms with van der Waals surface area (Å²) < 4.78 is 0. The standard InChI is InChI=1S/C13H20N2S/c1-2-4-6-10(5-3-1)13-15-11-7-8-14-9-12(11)16-13/h10,14H,1-9H2. The van der Waals surface area contributed by atoms with E-state index >= 15 is 0 Å². The molecule has 1 saturated carbocycles. The summed E-state index contributed by atoms with van der Waals surface area (Å²) in [6, 6.07) is 0. The van der Waals surface area contributed by atoms with E-state index in [0.717, 1.165) is 25.4 Å². The highest BCUT2D eigenvalue weighted by molar-refractivity contribution is 7.11. The maximum Gasteiger partial charge on any atom is 0.0962 e. The third-order valence-electron chi connectivity index (χ3n) is 3.82. The van der Waals surface area contributed by atoms with Gasteiger partial charge >= 0.3 is 0 Å². The first-order valence-corrected chi connectivity index (χ1v) is 7.44. The highest BCUT2D eigenvalue weighted by Crippen LogP contribution is 2.35. The minimum absolute atomic E-state index is 0.776. The van der Waals surface area contributed by atoms with Crippen molar-refractivity contribution in [2.24, 2.45) is 0 Å². The molecule has 1 N–H and O–H groups in total. The van der Waals surface area contributed by atoms with E-state index in [2.05, 4.69) is 5.32 Å². The van der Waals surface area contributed by atoms with Crippen molar-refractivity contribution in [3.63, 3.8) is 0 Å². The monoisotopic (exact) mass is 236 g/mol. The first kappa shape index (κ1) is 10.7. The summed E-state index contributed by atoms with van der Waals surface area (Å²) in [5.74, 6) is 0.776. The third-order valence-corrected chi connectivity index (χ3v) is 5.08. The van der Waals surface area contributed by atoms with E-state index in [1.54, 1.807) is 0 Å². The highest BCUT2D eigenvalue weighted by Gasteiger charge is 2.21. The predicted molar refractivity (Wildman–Crippen MR) is 68.0 cm³/mol. The first-order valence-electron chi connectivity index (χ1n) is 6.62. The van der Waals surface area contributed by atoms with Gasteiger partial charge in [-0.05, 0) is 12.8 Å². The van der Waals surface area contributed by atoms with Crippen LogP contribution in [0.15, 0.2) is 0 Å². The minimum Gasteiger partial charge on any atom is -0.311 e. The molecular formula is C13H20N2S. The molecule has 1 aromatic rings. The molecular weight excluding hydrogens is 216 g/mol. The molecule has 1 fully saturated rings. The zero-order valence-corrected chi connectivity index (χ0v) is 10.6. The van der Waals surface area contributed by atoms with Crippen LogP contribution < -0.4 is 5.32 Å². The molecule has 16 heavy (non-hydrogen) atoms. The van der Waals surface area contributed by atoms with Crippen molar-refractivity contribution in [3.05, 3.63) is 15.6 Å². The van der Waals surface area contributed by atoms with Gasteiger partial charge in [0.05, 0.1) is 10.7 Å². The number of nitrogens with zero attached hydrogens (tertiary/aromatic N) is 1. The Balaban J connectivity index is 1.79. The molecule has 0 saturated heterocycles. The maximum atomic E-state index is 4.89. The highest BCUT2D eigenvalue weighted by atomic mass is 32.1. The predicted octanol–water partition coefficient (Wildman–Crippen LogP) is 3.23. The van der Waals surface area contributed by atoms with Crippen LogP contribution >= 0.6 is 11.3 Å². The molecule has 0 spiro atoms. The topological polar surface area (TPSA) is 24.9 Å². The number of aromatic nitrogens is 1. The van der Waals surface area contributed by atoms with Crippen molar-refractivity contribution in [1.29, 1.82) is 0 Å². The molecule has 0 radical (unpaired) electrons. The number of hydrogen-bond acceptors (Lipinski definition) is 3. The van der Waals surface area contributed by atoms with E-state index in [1.165, 1.54) is 54.1 Å². The van der Waals surface area contributed by atoms with Gasteiger partial charge in [0.1, 0.15) is 0 Å². The molecule has 3 rings (SSSR count). The molecule has 88 valence electrons. The lowest BCUT2D eigenvalue weighted by Gasteiger charge is -2.09. The molecule has 2 aliphatic rings.